The third kappa shape index (κ3) is 7.27. The Kier molecular flexibility index (Phi) is 11.0. The number of hydrogen-bond donors (Lipinski definition) is 0. The summed E-state index contributed by atoms with van der Waals surface area (Å²) in [5.74, 6) is 0. The molecule has 0 saturated carbocycles. The van der Waals surface area contributed by atoms with Crippen LogP contribution < -0.4 is 20.7 Å². The lowest BCUT2D eigenvalue weighted by Gasteiger charge is -2.34. The monoisotopic (exact) mass is 910 g/mol. The van der Waals surface area contributed by atoms with Crippen LogP contribution in [0.25, 0.3) is 77.3 Å². The molecule has 0 saturated heterocycles. The quantitative estimate of drug-likeness (QED) is 0.0695. The van der Waals surface area contributed by atoms with E-state index in [4.69, 9.17) is 0 Å². The summed E-state index contributed by atoms with van der Waals surface area (Å²) in [5, 5.41) is 10.4. The number of para-hydroxylation sites is 2. The molecule has 3 heteroatoms. The number of nitrogens with zero attached hydrogens (tertiary/aromatic N) is 2. The first-order chi connectivity index (χ1) is 34.6. The topological polar surface area (TPSA) is 9.86 Å². The third-order valence-corrected chi connectivity index (χ3v) is 19.0. The Morgan fingerprint density at radius 1 is 0.371 bits per heavy atom. The van der Waals surface area contributed by atoms with Crippen LogP contribution >= 0.6 is 0 Å². The van der Waals surface area contributed by atoms with Gasteiger partial charge in [0.2, 0.25) is 0 Å². The van der Waals surface area contributed by atoms with Crippen LogP contribution in [0.2, 0.25) is 0 Å². The number of allylic oxidation sites excluding steroid dienone is 5. The molecule has 0 spiro atoms. The van der Waals surface area contributed by atoms with E-state index < -0.39 is 8.07 Å². The molecule has 0 atom stereocenters. The fourth-order valence-electron chi connectivity index (χ4n) is 11.0. The second-order valence-corrected chi connectivity index (χ2v) is 22.0. The lowest BCUT2D eigenvalue weighted by atomic mass is 9.99. The minimum atomic E-state index is -2.66. The average molecular weight is 911 g/mol. The van der Waals surface area contributed by atoms with Gasteiger partial charge in [-0.05, 0) is 122 Å². The fraction of sp³-hybridized carbons (Fsp3) is 0.0149. The van der Waals surface area contributed by atoms with Gasteiger partial charge in [0.15, 0.2) is 8.07 Å². The van der Waals surface area contributed by atoms with Crippen LogP contribution in [-0.4, -0.2) is 17.2 Å². The first-order valence-electron chi connectivity index (χ1n) is 24.1. The van der Waals surface area contributed by atoms with Crippen LogP contribution in [0.3, 0.4) is 0 Å². The molecular weight excluding hydrogens is 861 g/mol. The number of hydrogen-bond acceptors (Lipinski definition) is 0. The summed E-state index contributed by atoms with van der Waals surface area (Å²) < 4.78 is 4.84. The predicted molar refractivity (Wildman–Crippen MR) is 302 cm³/mol. The molecule has 10 aromatic carbocycles. The van der Waals surface area contributed by atoms with Crippen molar-refractivity contribution < 1.29 is 0 Å². The summed E-state index contributed by atoms with van der Waals surface area (Å²) in [6, 6.07) is 93.9. The molecule has 0 aliphatic heterocycles. The van der Waals surface area contributed by atoms with Gasteiger partial charge < -0.3 is 9.13 Å². The maximum absolute atomic E-state index is 4.03. The SMILES string of the molecule is C=C/C=C(\C=C(/C)c1ccccc1)c1ccc(-n2c3ccccc3c3cc(-c4ccc5c(c4)c4ccccc4n5-c4ccc([Si](c5ccccc5)(c5ccccc5)c5ccccc5)cc4)ccc32)cc1. The van der Waals surface area contributed by atoms with Gasteiger partial charge in [-0.2, -0.15) is 0 Å². The van der Waals surface area contributed by atoms with Crippen LogP contribution in [0.4, 0.5) is 0 Å². The number of aromatic nitrogens is 2. The van der Waals surface area contributed by atoms with E-state index in [0.717, 1.165) is 22.5 Å². The summed E-state index contributed by atoms with van der Waals surface area (Å²) in [6.45, 7) is 6.19. The Morgan fingerprint density at radius 2 is 0.757 bits per heavy atom. The predicted octanol–water partition coefficient (Wildman–Crippen LogP) is 14.6. The normalized spacial score (nSPS) is 12.3. The molecule has 0 aliphatic carbocycles. The van der Waals surface area contributed by atoms with E-state index in [1.807, 2.05) is 6.08 Å². The van der Waals surface area contributed by atoms with Gasteiger partial charge in [0, 0.05) is 32.9 Å². The highest BCUT2D eigenvalue weighted by molar-refractivity contribution is 7.19. The van der Waals surface area contributed by atoms with Gasteiger partial charge in [-0.25, -0.2) is 0 Å². The Morgan fingerprint density at radius 3 is 1.21 bits per heavy atom. The zero-order valence-electron chi connectivity index (χ0n) is 39.1. The van der Waals surface area contributed by atoms with Crippen molar-refractivity contribution >= 4 is 83.6 Å². The molecule has 0 aliphatic rings. The van der Waals surface area contributed by atoms with Crippen molar-refractivity contribution in [3.05, 3.63) is 291 Å². The van der Waals surface area contributed by atoms with Crippen LogP contribution in [-0.2, 0) is 0 Å². The summed E-state index contributed by atoms with van der Waals surface area (Å²) in [7, 11) is -2.66. The fourth-order valence-corrected chi connectivity index (χ4v) is 15.7. The number of rotatable bonds is 11. The van der Waals surface area contributed by atoms with Gasteiger partial charge in [0.05, 0.1) is 22.1 Å². The molecule has 2 nitrogen and oxygen atoms in total. The Hall–Kier alpha value is -8.76. The molecule has 0 bridgehead atoms. The van der Waals surface area contributed by atoms with Gasteiger partial charge >= 0.3 is 0 Å². The molecular formula is C67H50N2Si. The maximum atomic E-state index is 4.03. The maximum Gasteiger partial charge on any atom is 0.179 e. The van der Waals surface area contributed by atoms with Crippen molar-refractivity contribution in [1.29, 1.82) is 0 Å². The highest BCUT2D eigenvalue weighted by Gasteiger charge is 2.41. The van der Waals surface area contributed by atoms with E-state index in [2.05, 4.69) is 290 Å². The van der Waals surface area contributed by atoms with E-state index in [-0.39, 0.29) is 0 Å². The molecule has 0 amide bonds. The summed E-state index contributed by atoms with van der Waals surface area (Å²) in [4.78, 5) is 0. The van der Waals surface area contributed by atoms with Crippen LogP contribution in [0, 0.1) is 0 Å². The lowest BCUT2D eigenvalue weighted by molar-refractivity contribution is 1.18. The first-order valence-corrected chi connectivity index (χ1v) is 26.1. The van der Waals surface area contributed by atoms with E-state index in [0.29, 0.717) is 0 Å². The molecule has 12 rings (SSSR count). The first kappa shape index (κ1) is 42.6. The molecule has 0 N–H and O–H groups in total. The minimum absolute atomic E-state index is 1.12. The van der Waals surface area contributed by atoms with Crippen molar-refractivity contribution in [2.45, 2.75) is 6.92 Å². The van der Waals surface area contributed by atoms with Crippen LogP contribution in [0.5, 0.6) is 0 Å². The molecule has 0 fully saturated rings. The van der Waals surface area contributed by atoms with E-state index in [1.165, 1.54) is 86.6 Å². The molecule has 332 valence electrons. The van der Waals surface area contributed by atoms with Crippen LogP contribution in [0.1, 0.15) is 18.1 Å². The van der Waals surface area contributed by atoms with Gasteiger partial charge in [-0.1, -0.05) is 219 Å². The third-order valence-electron chi connectivity index (χ3n) is 14.2. The van der Waals surface area contributed by atoms with Crippen molar-refractivity contribution in [2.24, 2.45) is 0 Å². The van der Waals surface area contributed by atoms with Crippen molar-refractivity contribution in [1.82, 2.24) is 9.13 Å². The van der Waals surface area contributed by atoms with E-state index in [1.54, 1.807) is 0 Å². The Balaban J connectivity index is 0.930. The number of fused-ring (bicyclic) bond motifs is 6. The van der Waals surface area contributed by atoms with Crippen LogP contribution in [0.15, 0.2) is 280 Å². The van der Waals surface area contributed by atoms with Gasteiger partial charge in [0.25, 0.3) is 0 Å². The van der Waals surface area contributed by atoms with E-state index in [9.17, 15) is 0 Å². The average Bonchev–Trinajstić information content (AvgIpc) is 3.94. The molecule has 70 heavy (non-hydrogen) atoms. The molecule has 0 unspecified atom stereocenters. The molecule has 2 heterocycles. The second kappa shape index (κ2) is 18.0. The Labute approximate surface area is 410 Å². The van der Waals surface area contributed by atoms with Crippen molar-refractivity contribution in [3.8, 4) is 22.5 Å². The van der Waals surface area contributed by atoms with E-state index >= 15 is 0 Å². The minimum Gasteiger partial charge on any atom is -0.309 e. The van der Waals surface area contributed by atoms with Gasteiger partial charge in [-0.3, -0.25) is 0 Å². The summed E-state index contributed by atoms with van der Waals surface area (Å²) in [5.41, 5.74) is 14.1. The smallest absolute Gasteiger partial charge is 0.179 e. The van der Waals surface area contributed by atoms with Gasteiger partial charge in [0.1, 0.15) is 0 Å². The highest BCUT2D eigenvalue weighted by atomic mass is 28.3. The molecule has 2 aromatic heterocycles. The largest absolute Gasteiger partial charge is 0.309 e. The summed E-state index contributed by atoms with van der Waals surface area (Å²) in [6.07, 6.45) is 6.20. The zero-order chi connectivity index (χ0) is 47.0. The van der Waals surface area contributed by atoms with Crippen molar-refractivity contribution in [3.63, 3.8) is 0 Å². The second-order valence-electron chi connectivity index (χ2n) is 18.2. The van der Waals surface area contributed by atoms with Crippen molar-refractivity contribution in [2.75, 3.05) is 0 Å². The standard InChI is InChI=1S/C67H50N2Si/c1-3-20-51(45-48(2)49-21-8-4-9-22-49)50-33-37-54(38-34-50)68-64-31-18-16-29-60(64)62-46-52(35-43-66(62)68)53-36-44-67-63(47-53)61-30-17-19-32-65(61)69(67)55-39-41-59(42-40-55)70(56-23-10-5-11-24-56,57-25-12-6-13-26-57)58-27-14-7-15-28-58/h3-47H,1H2,2H3/b48-45+,51-20+. The molecule has 12 aromatic rings. The Bertz CT molecular complexity index is 3820. The lowest BCUT2D eigenvalue weighted by Crippen LogP contribution is -2.74. The zero-order valence-corrected chi connectivity index (χ0v) is 40.1. The molecule has 0 radical (unpaired) electrons. The summed E-state index contributed by atoms with van der Waals surface area (Å²) >= 11 is 0. The number of benzene rings is 10. The van der Waals surface area contributed by atoms with Gasteiger partial charge in [-0.15, -0.1) is 0 Å². The highest BCUT2D eigenvalue weighted by Crippen LogP contribution is 2.38.